The van der Waals surface area contributed by atoms with Gasteiger partial charge in [-0.3, -0.25) is 0 Å². The first kappa shape index (κ1) is 16.9. The average Bonchev–Trinajstić information content (AvgIpc) is 2.36. The number of rotatable bonds is 6. The summed E-state index contributed by atoms with van der Waals surface area (Å²) in [4.78, 5) is 11.6. The molecule has 0 saturated carbocycles. The van der Waals surface area contributed by atoms with Crippen molar-refractivity contribution in [2.24, 2.45) is 5.14 Å². The number of ether oxygens (including phenoxy) is 1. The van der Waals surface area contributed by atoms with Gasteiger partial charge in [-0.2, -0.15) is 0 Å². The first-order valence-corrected chi connectivity index (χ1v) is 8.20. The van der Waals surface area contributed by atoms with Crippen LogP contribution in [0.4, 0.5) is 0 Å². The largest absolute Gasteiger partial charge is 0.462 e. The number of primary sulfonamides is 1. The van der Waals surface area contributed by atoms with Gasteiger partial charge in [-0.1, -0.05) is 31.4 Å². The summed E-state index contributed by atoms with van der Waals surface area (Å²) in [5, 5.41) is 5.09. The molecule has 112 valence electrons. The highest BCUT2D eigenvalue weighted by Gasteiger charge is 2.19. The molecule has 20 heavy (non-hydrogen) atoms. The van der Waals surface area contributed by atoms with Crippen LogP contribution in [0.5, 0.6) is 0 Å². The van der Waals surface area contributed by atoms with Crippen molar-refractivity contribution in [2.45, 2.75) is 38.0 Å². The molecule has 1 aromatic carbocycles. The Bertz CT molecular complexity index is 599. The van der Waals surface area contributed by atoms with E-state index < -0.39 is 16.0 Å². The second kappa shape index (κ2) is 7.06. The van der Waals surface area contributed by atoms with Crippen LogP contribution in [0.15, 0.2) is 17.0 Å². The fourth-order valence-electron chi connectivity index (χ4n) is 1.66. The number of hydrogen-bond acceptors (Lipinski definition) is 4. The summed E-state index contributed by atoms with van der Waals surface area (Å²) in [5.74, 6) is -0.578. The molecule has 0 aliphatic rings. The van der Waals surface area contributed by atoms with Crippen molar-refractivity contribution in [1.82, 2.24) is 0 Å². The minimum atomic E-state index is -3.98. The molecule has 1 rings (SSSR count). The van der Waals surface area contributed by atoms with Crippen LogP contribution in [-0.4, -0.2) is 21.0 Å². The third-order valence-corrected chi connectivity index (χ3v) is 4.29. The maximum absolute atomic E-state index is 11.8. The van der Waals surface area contributed by atoms with E-state index in [4.69, 9.17) is 21.5 Å². The maximum Gasteiger partial charge on any atom is 0.338 e. The van der Waals surface area contributed by atoms with Gasteiger partial charge in [0.15, 0.2) is 0 Å². The van der Waals surface area contributed by atoms with Gasteiger partial charge in [-0.15, -0.1) is 0 Å². The maximum atomic E-state index is 11.8. The lowest BCUT2D eigenvalue weighted by Crippen LogP contribution is -2.15. The lowest BCUT2D eigenvalue weighted by atomic mass is 10.1. The standard InChI is InChI=1S/C13H18ClNO4S/c1-3-4-5-6-19-13(16)10-7-9(2)12(14)11(8-10)20(15,17)18/h7-8H,3-6H2,1-2H3,(H2,15,17,18). The number of unbranched alkanes of at least 4 members (excludes halogenated alkanes) is 2. The van der Waals surface area contributed by atoms with Crippen molar-refractivity contribution in [3.8, 4) is 0 Å². The molecule has 7 heteroatoms. The Kier molecular flexibility index (Phi) is 5.98. The number of nitrogens with two attached hydrogens (primary N) is 1. The van der Waals surface area contributed by atoms with E-state index in [0.29, 0.717) is 12.2 Å². The Morgan fingerprint density at radius 1 is 1.35 bits per heavy atom. The molecular formula is C13H18ClNO4S. The van der Waals surface area contributed by atoms with Gasteiger partial charge >= 0.3 is 5.97 Å². The van der Waals surface area contributed by atoms with Crippen LogP contribution in [0.25, 0.3) is 0 Å². The smallest absolute Gasteiger partial charge is 0.338 e. The summed E-state index contributed by atoms with van der Waals surface area (Å²) in [7, 11) is -3.98. The summed E-state index contributed by atoms with van der Waals surface area (Å²) in [5.41, 5.74) is 0.589. The predicted octanol–water partition coefficient (Wildman–Crippen LogP) is 2.64. The van der Waals surface area contributed by atoms with Crippen molar-refractivity contribution in [1.29, 1.82) is 0 Å². The zero-order chi connectivity index (χ0) is 15.3. The highest BCUT2D eigenvalue weighted by Crippen LogP contribution is 2.26. The molecule has 0 spiro atoms. The van der Waals surface area contributed by atoms with Gasteiger partial charge in [0, 0.05) is 0 Å². The summed E-state index contributed by atoms with van der Waals surface area (Å²) >= 11 is 5.89. The molecule has 1 aromatic rings. The van der Waals surface area contributed by atoms with Gasteiger partial charge < -0.3 is 4.74 Å². The highest BCUT2D eigenvalue weighted by atomic mass is 35.5. The van der Waals surface area contributed by atoms with Crippen LogP contribution in [-0.2, 0) is 14.8 Å². The van der Waals surface area contributed by atoms with Gasteiger partial charge in [0.05, 0.1) is 17.2 Å². The Balaban J connectivity index is 2.97. The predicted molar refractivity (Wildman–Crippen MR) is 77.4 cm³/mol. The third kappa shape index (κ3) is 4.47. The molecule has 0 heterocycles. The van der Waals surface area contributed by atoms with Crippen LogP contribution < -0.4 is 5.14 Å². The van der Waals surface area contributed by atoms with E-state index in [1.807, 2.05) is 6.92 Å². The van der Waals surface area contributed by atoms with Crippen molar-refractivity contribution in [2.75, 3.05) is 6.61 Å². The molecule has 0 amide bonds. The third-order valence-electron chi connectivity index (χ3n) is 2.74. The monoisotopic (exact) mass is 319 g/mol. The Morgan fingerprint density at radius 3 is 2.55 bits per heavy atom. The number of carbonyl (C=O) groups is 1. The SMILES string of the molecule is CCCCCOC(=O)c1cc(C)c(Cl)c(S(N)(=O)=O)c1. The molecule has 0 aromatic heterocycles. The fourth-order valence-corrected chi connectivity index (χ4v) is 2.80. The number of sulfonamides is 1. The van der Waals surface area contributed by atoms with Crippen molar-refractivity contribution < 1.29 is 17.9 Å². The average molecular weight is 320 g/mol. The Morgan fingerprint density at radius 2 is 2.00 bits per heavy atom. The second-order valence-electron chi connectivity index (χ2n) is 4.49. The minimum Gasteiger partial charge on any atom is -0.462 e. The number of hydrogen-bond donors (Lipinski definition) is 1. The minimum absolute atomic E-state index is 0.0232. The van der Waals surface area contributed by atoms with E-state index >= 15 is 0 Å². The molecule has 0 aliphatic heterocycles. The summed E-state index contributed by atoms with van der Waals surface area (Å²) in [6, 6.07) is 2.63. The van der Waals surface area contributed by atoms with Crippen molar-refractivity contribution in [3.63, 3.8) is 0 Å². The molecule has 0 fully saturated rings. The number of aryl methyl sites for hydroxylation is 1. The van der Waals surface area contributed by atoms with Crippen LogP contribution in [0, 0.1) is 6.92 Å². The molecule has 0 unspecified atom stereocenters. The normalized spacial score (nSPS) is 11.4. The number of benzene rings is 1. The van der Waals surface area contributed by atoms with Crippen molar-refractivity contribution >= 4 is 27.6 Å². The fraction of sp³-hybridized carbons (Fsp3) is 0.462. The number of carbonyl (C=O) groups excluding carboxylic acids is 1. The van der Waals surface area contributed by atoms with Crippen molar-refractivity contribution in [3.05, 3.63) is 28.3 Å². The lowest BCUT2D eigenvalue weighted by molar-refractivity contribution is 0.0498. The van der Waals surface area contributed by atoms with Gasteiger partial charge in [0.1, 0.15) is 4.90 Å². The molecule has 5 nitrogen and oxygen atoms in total. The summed E-state index contributed by atoms with van der Waals surface area (Å²) < 4.78 is 27.9. The summed E-state index contributed by atoms with van der Waals surface area (Å²) in [6.45, 7) is 3.95. The van der Waals surface area contributed by atoms with Crippen LogP contribution >= 0.6 is 11.6 Å². The van der Waals surface area contributed by atoms with E-state index in [1.54, 1.807) is 6.92 Å². The highest BCUT2D eigenvalue weighted by molar-refractivity contribution is 7.89. The van der Waals surface area contributed by atoms with Gasteiger partial charge in [0.2, 0.25) is 10.0 Å². The quantitative estimate of drug-likeness (QED) is 0.645. The molecular weight excluding hydrogens is 302 g/mol. The Labute approximate surface area is 124 Å². The molecule has 0 radical (unpaired) electrons. The lowest BCUT2D eigenvalue weighted by Gasteiger charge is -2.09. The molecule has 0 bridgehead atoms. The van der Waals surface area contributed by atoms with E-state index in [9.17, 15) is 13.2 Å². The van der Waals surface area contributed by atoms with Crippen LogP contribution in [0.2, 0.25) is 5.02 Å². The molecule has 0 atom stereocenters. The van der Waals surface area contributed by atoms with Gasteiger partial charge in [-0.05, 0) is 31.0 Å². The topological polar surface area (TPSA) is 86.5 Å². The van der Waals surface area contributed by atoms with E-state index in [0.717, 1.165) is 25.3 Å². The van der Waals surface area contributed by atoms with E-state index in [1.165, 1.54) is 6.07 Å². The van der Waals surface area contributed by atoms with Crippen LogP contribution in [0.1, 0.15) is 42.1 Å². The summed E-state index contributed by atoms with van der Waals surface area (Å²) in [6.07, 6.45) is 2.76. The first-order valence-electron chi connectivity index (χ1n) is 6.27. The zero-order valence-corrected chi connectivity index (χ0v) is 13.1. The van der Waals surface area contributed by atoms with Gasteiger partial charge in [-0.25, -0.2) is 18.4 Å². The number of esters is 1. The molecule has 0 saturated heterocycles. The second-order valence-corrected chi connectivity index (χ2v) is 6.40. The van der Waals surface area contributed by atoms with E-state index in [2.05, 4.69) is 0 Å². The zero-order valence-electron chi connectivity index (χ0n) is 11.5. The van der Waals surface area contributed by atoms with E-state index in [-0.39, 0.29) is 15.5 Å². The Hall–Kier alpha value is -1.11. The van der Waals surface area contributed by atoms with Gasteiger partial charge in [0.25, 0.3) is 0 Å². The first-order chi connectivity index (χ1) is 9.27. The molecule has 2 N–H and O–H groups in total. The van der Waals surface area contributed by atoms with Crippen LogP contribution in [0.3, 0.4) is 0 Å². The molecule has 0 aliphatic carbocycles. The number of halogens is 1.